The minimum Gasteiger partial charge on any atom is -0.388 e. The summed E-state index contributed by atoms with van der Waals surface area (Å²) in [4.78, 5) is 0. The summed E-state index contributed by atoms with van der Waals surface area (Å²) in [6.07, 6.45) is 0. The number of aromatic nitrogens is 1. The number of anilines is 1. The van der Waals surface area contributed by atoms with Gasteiger partial charge < -0.3 is 5.73 Å². The van der Waals surface area contributed by atoms with Crippen LogP contribution < -0.4 is 5.73 Å². The minimum absolute atomic E-state index is 0.667. The highest BCUT2D eigenvalue weighted by atomic mass is 79.9. The van der Waals surface area contributed by atoms with Crippen LogP contribution in [-0.4, -0.2) is 4.37 Å². The van der Waals surface area contributed by atoms with Gasteiger partial charge in [-0.25, -0.2) is 0 Å². The maximum Gasteiger partial charge on any atom is 0.121 e. The highest BCUT2D eigenvalue weighted by Crippen LogP contribution is 2.37. The van der Waals surface area contributed by atoms with Gasteiger partial charge in [-0.15, -0.1) is 0 Å². The first kappa shape index (κ1) is 9.96. The zero-order valence-electron chi connectivity index (χ0n) is 7.00. The van der Waals surface area contributed by atoms with Gasteiger partial charge in [0.1, 0.15) is 10.7 Å². The van der Waals surface area contributed by atoms with E-state index in [9.17, 15) is 0 Å². The summed E-state index contributed by atoms with van der Waals surface area (Å²) in [5.74, 6) is 0. The van der Waals surface area contributed by atoms with Crippen LogP contribution in [0.25, 0.3) is 11.3 Å². The lowest BCUT2D eigenvalue weighted by molar-refractivity contribution is 1.50. The number of nitrogen functional groups attached to an aromatic ring is 1. The molecule has 72 valence electrons. The number of benzene rings is 1. The molecule has 1 heterocycles. The average Bonchev–Trinajstić information content (AvgIpc) is 2.49. The summed E-state index contributed by atoms with van der Waals surface area (Å²) >= 11 is 10.7. The van der Waals surface area contributed by atoms with Crippen molar-refractivity contribution >= 4 is 44.1 Å². The summed E-state index contributed by atoms with van der Waals surface area (Å²) in [6.45, 7) is 0. The zero-order valence-corrected chi connectivity index (χ0v) is 10.2. The molecule has 0 aliphatic heterocycles. The lowest BCUT2D eigenvalue weighted by atomic mass is 10.1. The van der Waals surface area contributed by atoms with Crippen LogP contribution in [0.4, 0.5) is 5.00 Å². The largest absolute Gasteiger partial charge is 0.388 e. The van der Waals surface area contributed by atoms with Crippen LogP contribution in [0.1, 0.15) is 0 Å². The van der Waals surface area contributed by atoms with Crippen molar-refractivity contribution in [2.24, 2.45) is 0 Å². The van der Waals surface area contributed by atoms with Crippen molar-refractivity contribution in [2.75, 3.05) is 5.73 Å². The summed E-state index contributed by atoms with van der Waals surface area (Å²) in [5.41, 5.74) is 7.40. The predicted octanol–water partition coefficient (Wildman–Crippen LogP) is 3.81. The van der Waals surface area contributed by atoms with Crippen molar-refractivity contribution in [1.29, 1.82) is 0 Å². The Morgan fingerprint density at radius 2 is 2.07 bits per heavy atom. The third kappa shape index (κ3) is 1.65. The van der Waals surface area contributed by atoms with Crippen LogP contribution in [-0.2, 0) is 0 Å². The Labute approximate surface area is 99.0 Å². The number of rotatable bonds is 1. The average molecular weight is 290 g/mol. The molecule has 0 aliphatic carbocycles. The molecule has 1 aromatic carbocycles. The van der Waals surface area contributed by atoms with E-state index in [1.54, 1.807) is 0 Å². The zero-order chi connectivity index (χ0) is 10.1. The molecule has 0 aliphatic rings. The highest BCUT2D eigenvalue weighted by molar-refractivity contribution is 9.10. The molecular formula is C9H6BrClN2S. The summed E-state index contributed by atoms with van der Waals surface area (Å²) < 4.78 is 5.05. The fourth-order valence-electron chi connectivity index (χ4n) is 1.11. The molecule has 2 aromatic rings. The number of hydrogen-bond acceptors (Lipinski definition) is 3. The fourth-order valence-corrected chi connectivity index (χ4v) is 2.53. The first-order valence-corrected chi connectivity index (χ1v) is 5.80. The Kier molecular flexibility index (Phi) is 2.76. The third-order valence-electron chi connectivity index (χ3n) is 1.79. The molecule has 0 fully saturated rings. The van der Waals surface area contributed by atoms with E-state index in [1.165, 1.54) is 11.5 Å². The van der Waals surface area contributed by atoms with E-state index < -0.39 is 0 Å². The van der Waals surface area contributed by atoms with Gasteiger partial charge >= 0.3 is 0 Å². The second-order valence-electron chi connectivity index (χ2n) is 2.69. The molecule has 0 radical (unpaired) electrons. The molecule has 2 rings (SSSR count). The second kappa shape index (κ2) is 3.88. The molecular weight excluding hydrogens is 284 g/mol. The molecule has 0 spiro atoms. The van der Waals surface area contributed by atoms with Gasteiger partial charge in [0.2, 0.25) is 0 Å². The van der Waals surface area contributed by atoms with E-state index in [1.807, 2.05) is 24.3 Å². The van der Waals surface area contributed by atoms with Crippen LogP contribution in [0.3, 0.4) is 0 Å². The van der Waals surface area contributed by atoms with Crippen molar-refractivity contribution < 1.29 is 0 Å². The van der Waals surface area contributed by atoms with E-state index >= 15 is 0 Å². The van der Waals surface area contributed by atoms with E-state index in [4.69, 9.17) is 17.3 Å². The minimum atomic E-state index is 0.667. The summed E-state index contributed by atoms with van der Waals surface area (Å²) in [5, 5.41) is 1.35. The van der Waals surface area contributed by atoms with Gasteiger partial charge in [-0.2, -0.15) is 4.37 Å². The van der Waals surface area contributed by atoms with Gasteiger partial charge in [0, 0.05) is 5.56 Å². The normalized spacial score (nSPS) is 10.4. The molecule has 1 aromatic heterocycles. The Morgan fingerprint density at radius 3 is 2.64 bits per heavy atom. The standard InChI is InChI=1S/C9H6BrClN2S/c10-7-8(13-14-9(7)12)5-3-1-2-4-6(5)11/h1-4H,12H2. The molecule has 14 heavy (non-hydrogen) atoms. The molecule has 2 nitrogen and oxygen atoms in total. The molecule has 0 atom stereocenters. The first-order valence-electron chi connectivity index (χ1n) is 3.85. The van der Waals surface area contributed by atoms with Crippen molar-refractivity contribution in [1.82, 2.24) is 4.37 Å². The summed E-state index contributed by atoms with van der Waals surface area (Å²) in [6, 6.07) is 7.55. The maximum atomic E-state index is 6.04. The Morgan fingerprint density at radius 1 is 1.36 bits per heavy atom. The smallest absolute Gasteiger partial charge is 0.121 e. The van der Waals surface area contributed by atoms with Crippen LogP contribution in [0.2, 0.25) is 5.02 Å². The topological polar surface area (TPSA) is 38.9 Å². The van der Waals surface area contributed by atoms with Crippen LogP contribution in [0, 0.1) is 0 Å². The van der Waals surface area contributed by atoms with E-state index in [0.29, 0.717) is 10.0 Å². The van der Waals surface area contributed by atoms with Gasteiger partial charge in [0.15, 0.2) is 0 Å². The van der Waals surface area contributed by atoms with Gasteiger partial charge in [0.25, 0.3) is 0 Å². The van der Waals surface area contributed by atoms with Crippen molar-refractivity contribution in [3.63, 3.8) is 0 Å². The molecule has 0 amide bonds. The van der Waals surface area contributed by atoms with E-state index in [2.05, 4.69) is 20.3 Å². The monoisotopic (exact) mass is 288 g/mol. The maximum absolute atomic E-state index is 6.04. The fraction of sp³-hybridized carbons (Fsp3) is 0. The van der Waals surface area contributed by atoms with Gasteiger partial charge in [0.05, 0.1) is 9.50 Å². The second-order valence-corrected chi connectivity index (χ2v) is 4.69. The molecule has 0 bridgehead atoms. The number of nitrogens with zero attached hydrogens (tertiary/aromatic N) is 1. The first-order chi connectivity index (χ1) is 6.70. The quantitative estimate of drug-likeness (QED) is 0.867. The molecule has 5 heteroatoms. The Bertz CT molecular complexity index is 470. The van der Waals surface area contributed by atoms with Crippen LogP contribution >= 0.6 is 39.1 Å². The highest BCUT2D eigenvalue weighted by Gasteiger charge is 2.12. The van der Waals surface area contributed by atoms with Crippen molar-refractivity contribution in [2.45, 2.75) is 0 Å². The summed E-state index contributed by atoms with van der Waals surface area (Å²) in [7, 11) is 0. The number of halogens is 2. The molecule has 0 saturated heterocycles. The number of hydrogen-bond donors (Lipinski definition) is 1. The molecule has 2 N–H and O–H groups in total. The molecule has 0 unspecified atom stereocenters. The van der Waals surface area contributed by atoms with Gasteiger partial charge in [-0.1, -0.05) is 29.8 Å². The lowest BCUT2D eigenvalue weighted by Gasteiger charge is -2.00. The SMILES string of the molecule is Nc1snc(-c2ccccc2Cl)c1Br. The van der Waals surface area contributed by atoms with Crippen molar-refractivity contribution in [3.8, 4) is 11.3 Å². The third-order valence-corrected chi connectivity index (χ3v) is 3.86. The molecule has 0 saturated carbocycles. The van der Waals surface area contributed by atoms with E-state index in [-0.39, 0.29) is 0 Å². The van der Waals surface area contributed by atoms with Crippen LogP contribution in [0.5, 0.6) is 0 Å². The number of nitrogens with two attached hydrogens (primary N) is 1. The van der Waals surface area contributed by atoms with Gasteiger partial charge in [-0.05, 0) is 33.5 Å². The lowest BCUT2D eigenvalue weighted by Crippen LogP contribution is -1.82. The Balaban J connectivity index is 2.60. The van der Waals surface area contributed by atoms with Gasteiger partial charge in [-0.3, -0.25) is 0 Å². The predicted molar refractivity (Wildman–Crippen MR) is 64.7 cm³/mol. The Hall–Kier alpha value is -0.580. The van der Waals surface area contributed by atoms with Crippen LogP contribution in [0.15, 0.2) is 28.7 Å². The van der Waals surface area contributed by atoms with Crippen molar-refractivity contribution in [3.05, 3.63) is 33.8 Å². The van der Waals surface area contributed by atoms with E-state index in [0.717, 1.165) is 15.7 Å².